The first-order valence-electron chi connectivity index (χ1n) is 8.62. The molecule has 1 heterocycles. The number of nitrogens with one attached hydrogen (secondary N) is 1. The third-order valence-electron chi connectivity index (χ3n) is 5.02. The molecule has 26 heavy (non-hydrogen) atoms. The van der Waals surface area contributed by atoms with Gasteiger partial charge in [-0.15, -0.1) is 0 Å². The molecular formula is C20H19ClN2O3. The number of amides is 2. The molecule has 2 aromatic rings. The largest absolute Gasteiger partial charge is 0.495 e. The minimum Gasteiger partial charge on any atom is -0.495 e. The number of rotatable bonds is 4. The SMILES string of the molecule is COc1ccc(Cl)cc1NC(=O)C1CC1C(=O)N1CCc2ccccc21. The van der Waals surface area contributed by atoms with E-state index in [1.165, 1.54) is 12.7 Å². The second kappa shape index (κ2) is 6.65. The van der Waals surface area contributed by atoms with Crippen molar-refractivity contribution in [1.82, 2.24) is 0 Å². The molecule has 2 unspecified atom stereocenters. The molecule has 4 rings (SSSR count). The van der Waals surface area contributed by atoms with E-state index in [0.717, 1.165) is 12.1 Å². The normalized spacial score (nSPS) is 20.5. The number of carbonyl (C=O) groups is 2. The number of fused-ring (bicyclic) bond motifs is 1. The Bertz CT molecular complexity index is 883. The van der Waals surface area contributed by atoms with Crippen LogP contribution in [0.4, 0.5) is 11.4 Å². The molecular weight excluding hydrogens is 352 g/mol. The third-order valence-corrected chi connectivity index (χ3v) is 5.25. The lowest BCUT2D eigenvalue weighted by Crippen LogP contribution is -2.32. The highest BCUT2D eigenvalue weighted by molar-refractivity contribution is 6.31. The topological polar surface area (TPSA) is 58.6 Å². The number of anilines is 2. The summed E-state index contributed by atoms with van der Waals surface area (Å²) in [7, 11) is 1.53. The van der Waals surface area contributed by atoms with Crippen molar-refractivity contribution in [2.75, 3.05) is 23.9 Å². The van der Waals surface area contributed by atoms with E-state index in [9.17, 15) is 9.59 Å². The molecule has 2 aromatic carbocycles. The van der Waals surface area contributed by atoms with Gasteiger partial charge in [0, 0.05) is 17.3 Å². The number of benzene rings is 2. The maximum Gasteiger partial charge on any atom is 0.230 e. The van der Waals surface area contributed by atoms with Crippen molar-refractivity contribution in [2.24, 2.45) is 11.8 Å². The van der Waals surface area contributed by atoms with E-state index in [4.69, 9.17) is 16.3 Å². The predicted octanol–water partition coefficient (Wildman–Crippen LogP) is 3.51. The fraction of sp³-hybridized carbons (Fsp3) is 0.300. The van der Waals surface area contributed by atoms with Gasteiger partial charge in [-0.1, -0.05) is 29.8 Å². The van der Waals surface area contributed by atoms with Crippen LogP contribution in [0, 0.1) is 11.8 Å². The summed E-state index contributed by atoms with van der Waals surface area (Å²) < 4.78 is 5.25. The first-order chi connectivity index (χ1) is 12.6. The van der Waals surface area contributed by atoms with Crippen LogP contribution in [0.3, 0.4) is 0 Å². The second-order valence-corrected chi connectivity index (χ2v) is 7.09. The van der Waals surface area contributed by atoms with E-state index in [1.54, 1.807) is 18.2 Å². The van der Waals surface area contributed by atoms with Crippen LogP contribution in [0.1, 0.15) is 12.0 Å². The molecule has 1 fully saturated rings. The van der Waals surface area contributed by atoms with Gasteiger partial charge in [-0.2, -0.15) is 0 Å². The molecule has 2 atom stereocenters. The summed E-state index contributed by atoms with van der Waals surface area (Å²) in [6, 6.07) is 13.0. The lowest BCUT2D eigenvalue weighted by molar-refractivity contribution is -0.123. The van der Waals surface area contributed by atoms with Gasteiger partial charge in [0.1, 0.15) is 5.75 Å². The molecule has 0 radical (unpaired) electrons. The molecule has 2 amide bonds. The number of nitrogens with zero attached hydrogens (tertiary/aromatic N) is 1. The van der Waals surface area contributed by atoms with Crippen molar-refractivity contribution in [3.8, 4) is 5.75 Å². The van der Waals surface area contributed by atoms with Crippen LogP contribution in [0.5, 0.6) is 5.75 Å². The molecule has 0 spiro atoms. The number of ether oxygens (including phenoxy) is 1. The minimum atomic E-state index is -0.307. The van der Waals surface area contributed by atoms with Gasteiger partial charge in [0.25, 0.3) is 0 Å². The van der Waals surface area contributed by atoms with Gasteiger partial charge in [-0.25, -0.2) is 0 Å². The average molecular weight is 371 g/mol. The number of para-hydroxylation sites is 1. The van der Waals surface area contributed by atoms with Crippen molar-refractivity contribution >= 4 is 34.8 Å². The van der Waals surface area contributed by atoms with Crippen molar-refractivity contribution in [3.63, 3.8) is 0 Å². The zero-order valence-electron chi connectivity index (χ0n) is 14.4. The van der Waals surface area contributed by atoms with Gasteiger partial charge >= 0.3 is 0 Å². The first kappa shape index (κ1) is 16.9. The van der Waals surface area contributed by atoms with Gasteiger partial charge in [-0.3, -0.25) is 9.59 Å². The fourth-order valence-electron chi connectivity index (χ4n) is 3.53. The Morgan fingerprint density at radius 1 is 1.19 bits per heavy atom. The predicted molar refractivity (Wildman–Crippen MR) is 101 cm³/mol. The summed E-state index contributed by atoms with van der Waals surface area (Å²) in [4.78, 5) is 27.2. The van der Waals surface area contributed by atoms with Gasteiger partial charge in [0.05, 0.1) is 24.6 Å². The molecule has 5 nitrogen and oxygen atoms in total. The van der Waals surface area contributed by atoms with Crippen LogP contribution in [0.2, 0.25) is 5.02 Å². The molecule has 2 aliphatic rings. The highest BCUT2D eigenvalue weighted by atomic mass is 35.5. The molecule has 0 aromatic heterocycles. The van der Waals surface area contributed by atoms with Crippen molar-refractivity contribution in [2.45, 2.75) is 12.8 Å². The molecule has 1 saturated carbocycles. The Hall–Kier alpha value is -2.53. The summed E-state index contributed by atoms with van der Waals surface area (Å²) in [5.41, 5.74) is 2.68. The molecule has 1 aliphatic heterocycles. The monoisotopic (exact) mass is 370 g/mol. The standard InChI is InChI=1S/C20H19ClN2O3/c1-26-18-7-6-13(21)10-16(18)22-19(24)14-11-15(14)20(25)23-9-8-12-4-2-3-5-17(12)23/h2-7,10,14-15H,8-9,11H2,1H3,(H,22,24). The Kier molecular flexibility index (Phi) is 4.32. The summed E-state index contributed by atoms with van der Waals surface area (Å²) in [5.74, 6) is -0.158. The molecule has 134 valence electrons. The number of halogens is 1. The van der Waals surface area contributed by atoms with Crippen molar-refractivity contribution < 1.29 is 14.3 Å². The Labute approximate surface area is 156 Å². The van der Waals surface area contributed by atoms with E-state index < -0.39 is 0 Å². The van der Waals surface area contributed by atoms with Crippen molar-refractivity contribution in [1.29, 1.82) is 0 Å². The molecule has 1 aliphatic carbocycles. The lowest BCUT2D eigenvalue weighted by atomic mass is 10.2. The van der Waals surface area contributed by atoms with E-state index >= 15 is 0 Å². The summed E-state index contributed by atoms with van der Waals surface area (Å²) in [6.07, 6.45) is 1.44. The summed E-state index contributed by atoms with van der Waals surface area (Å²) in [6.45, 7) is 0.686. The highest BCUT2D eigenvalue weighted by Gasteiger charge is 2.50. The summed E-state index contributed by atoms with van der Waals surface area (Å²) in [5, 5.41) is 3.35. The van der Waals surface area contributed by atoms with Crippen LogP contribution in [-0.4, -0.2) is 25.5 Å². The maximum absolute atomic E-state index is 12.8. The van der Waals surface area contributed by atoms with Gasteiger partial charge in [0.2, 0.25) is 11.8 Å². The zero-order valence-corrected chi connectivity index (χ0v) is 15.1. The Balaban J connectivity index is 1.43. The third kappa shape index (κ3) is 3.03. The lowest BCUT2D eigenvalue weighted by Gasteiger charge is -2.17. The molecule has 0 bridgehead atoms. The first-order valence-corrected chi connectivity index (χ1v) is 9.00. The zero-order chi connectivity index (χ0) is 18.3. The number of hydrogen-bond donors (Lipinski definition) is 1. The minimum absolute atomic E-state index is 0.0353. The van der Waals surface area contributed by atoms with E-state index in [2.05, 4.69) is 5.32 Å². The van der Waals surface area contributed by atoms with Crippen LogP contribution >= 0.6 is 11.6 Å². The second-order valence-electron chi connectivity index (χ2n) is 6.65. The van der Waals surface area contributed by atoms with Gasteiger partial charge < -0.3 is 15.0 Å². The highest BCUT2D eigenvalue weighted by Crippen LogP contribution is 2.43. The van der Waals surface area contributed by atoms with Crippen LogP contribution in [0.15, 0.2) is 42.5 Å². The van der Waals surface area contributed by atoms with E-state index in [0.29, 0.717) is 29.4 Å². The Morgan fingerprint density at radius 2 is 2.00 bits per heavy atom. The molecule has 6 heteroatoms. The van der Waals surface area contributed by atoms with E-state index in [1.807, 2.05) is 29.2 Å². The smallest absolute Gasteiger partial charge is 0.230 e. The summed E-state index contributed by atoms with van der Waals surface area (Å²) >= 11 is 6.00. The fourth-order valence-corrected chi connectivity index (χ4v) is 3.70. The Morgan fingerprint density at radius 3 is 2.81 bits per heavy atom. The molecule has 0 saturated heterocycles. The van der Waals surface area contributed by atoms with Gasteiger partial charge in [-0.05, 0) is 42.7 Å². The van der Waals surface area contributed by atoms with Crippen LogP contribution in [-0.2, 0) is 16.0 Å². The van der Waals surface area contributed by atoms with Crippen molar-refractivity contribution in [3.05, 3.63) is 53.1 Å². The van der Waals surface area contributed by atoms with Crippen LogP contribution < -0.4 is 15.0 Å². The maximum atomic E-state index is 12.8. The van der Waals surface area contributed by atoms with Crippen LogP contribution in [0.25, 0.3) is 0 Å². The number of hydrogen-bond acceptors (Lipinski definition) is 3. The quantitative estimate of drug-likeness (QED) is 0.895. The van der Waals surface area contributed by atoms with Gasteiger partial charge in [0.15, 0.2) is 0 Å². The number of carbonyl (C=O) groups excluding carboxylic acids is 2. The van der Waals surface area contributed by atoms with E-state index in [-0.39, 0.29) is 23.7 Å². The average Bonchev–Trinajstić information content (AvgIpc) is 3.33. The molecule has 1 N–H and O–H groups in total. The number of methoxy groups -OCH3 is 1.